The Bertz CT molecular complexity index is 1340. The first-order chi connectivity index (χ1) is 15.5. The minimum absolute atomic E-state index is 0. The van der Waals surface area contributed by atoms with E-state index < -0.39 is 17.5 Å². The number of halogens is 1. The number of esters is 2. The lowest BCUT2D eigenvalue weighted by Gasteiger charge is -2.35. The van der Waals surface area contributed by atoms with Crippen LogP contribution in [0.25, 0.3) is 22.3 Å². The van der Waals surface area contributed by atoms with Gasteiger partial charge in [-0.15, -0.1) is 12.4 Å². The second kappa shape index (κ2) is 8.61. The zero-order chi connectivity index (χ0) is 22.5. The van der Waals surface area contributed by atoms with Crippen LogP contribution in [-0.4, -0.2) is 34.6 Å². The summed E-state index contributed by atoms with van der Waals surface area (Å²) in [7, 11) is 0. The van der Waals surface area contributed by atoms with Crippen molar-refractivity contribution < 1.29 is 19.1 Å². The van der Waals surface area contributed by atoms with Gasteiger partial charge in [0.1, 0.15) is 6.61 Å². The van der Waals surface area contributed by atoms with Gasteiger partial charge in [0.15, 0.2) is 0 Å². The molecule has 2 aliphatic rings. The monoisotopic (exact) mass is 469 g/mol. The number of nitrogens with one attached hydrogen (secondary N) is 1. The van der Waals surface area contributed by atoms with Crippen molar-refractivity contribution in [2.45, 2.75) is 39.0 Å². The van der Waals surface area contributed by atoms with Crippen LogP contribution in [0.4, 0.5) is 0 Å². The standard InChI is InChI=1S/C24H23N3O5.ClH/c1-3-24(32-20(28)11-25-4-2)17-10-19-21-15(9-14-7-5-6-8-18(14)26-21)12-27(19)22(29)16(17)13-31-23(24)30;/h5-10,25H,3-4,11-13H2,1-2H3;1H. The number of rotatable bonds is 5. The van der Waals surface area contributed by atoms with Crippen molar-refractivity contribution in [2.24, 2.45) is 0 Å². The van der Waals surface area contributed by atoms with Crippen LogP contribution in [0.3, 0.4) is 0 Å². The second-order valence-corrected chi connectivity index (χ2v) is 8.01. The Balaban J connectivity index is 0.00000259. The average molecular weight is 470 g/mol. The Labute approximate surface area is 196 Å². The Kier molecular flexibility index (Phi) is 5.99. The molecule has 0 spiro atoms. The van der Waals surface area contributed by atoms with Gasteiger partial charge in [-0.25, -0.2) is 9.78 Å². The van der Waals surface area contributed by atoms with Crippen LogP contribution in [0.15, 0.2) is 41.2 Å². The van der Waals surface area contributed by atoms with Crippen LogP contribution in [0.5, 0.6) is 0 Å². The second-order valence-electron chi connectivity index (χ2n) is 8.01. The summed E-state index contributed by atoms with van der Waals surface area (Å²) >= 11 is 0. The minimum atomic E-state index is -1.66. The molecule has 2 aromatic heterocycles. The normalized spacial score (nSPS) is 18.1. The molecule has 3 aromatic rings. The largest absolute Gasteiger partial charge is 0.457 e. The van der Waals surface area contributed by atoms with E-state index in [9.17, 15) is 14.4 Å². The summed E-state index contributed by atoms with van der Waals surface area (Å²) in [6, 6.07) is 11.6. The maximum Gasteiger partial charge on any atom is 0.355 e. The first-order valence-corrected chi connectivity index (χ1v) is 10.7. The molecule has 0 radical (unpaired) electrons. The number of hydrogen-bond donors (Lipinski definition) is 1. The van der Waals surface area contributed by atoms with E-state index in [0.717, 1.165) is 16.5 Å². The summed E-state index contributed by atoms with van der Waals surface area (Å²) < 4.78 is 12.7. The number of hydrogen-bond acceptors (Lipinski definition) is 7. The fourth-order valence-corrected chi connectivity index (χ4v) is 4.54. The van der Waals surface area contributed by atoms with Gasteiger partial charge in [0.25, 0.3) is 5.56 Å². The highest BCUT2D eigenvalue weighted by atomic mass is 35.5. The van der Waals surface area contributed by atoms with E-state index in [1.54, 1.807) is 17.6 Å². The van der Waals surface area contributed by atoms with Crippen LogP contribution >= 0.6 is 12.4 Å². The lowest BCUT2D eigenvalue weighted by molar-refractivity contribution is -0.189. The minimum Gasteiger partial charge on any atom is -0.457 e. The summed E-state index contributed by atoms with van der Waals surface area (Å²) in [5.41, 5.74) is 1.88. The van der Waals surface area contributed by atoms with Crippen LogP contribution in [0, 0.1) is 0 Å². The Morgan fingerprint density at radius 1 is 1.24 bits per heavy atom. The quantitative estimate of drug-likeness (QED) is 0.448. The van der Waals surface area contributed by atoms with E-state index in [1.807, 2.05) is 37.3 Å². The lowest BCUT2D eigenvalue weighted by atomic mass is 9.85. The SMILES string of the molecule is CCNCC(=O)OC1(CC)C(=O)OCc2c1cc1n(c2=O)Cc2cc3ccccc3nc2-1.Cl. The highest BCUT2D eigenvalue weighted by Gasteiger charge is 2.50. The molecule has 0 aliphatic carbocycles. The van der Waals surface area contributed by atoms with Gasteiger partial charge in [-0.3, -0.25) is 9.59 Å². The number of benzene rings is 1. The first kappa shape index (κ1) is 22.9. The van der Waals surface area contributed by atoms with E-state index in [2.05, 4.69) is 5.32 Å². The topological polar surface area (TPSA) is 99.5 Å². The highest BCUT2D eigenvalue weighted by molar-refractivity contribution is 5.88. The van der Waals surface area contributed by atoms with Crippen LogP contribution in [-0.2, 0) is 37.8 Å². The molecule has 8 nitrogen and oxygen atoms in total. The van der Waals surface area contributed by atoms with Gasteiger partial charge < -0.3 is 19.4 Å². The molecular formula is C24H24ClN3O5. The van der Waals surface area contributed by atoms with Gasteiger partial charge >= 0.3 is 11.9 Å². The number of aromatic nitrogens is 2. The van der Waals surface area contributed by atoms with Crippen LogP contribution in [0.1, 0.15) is 37.0 Å². The van der Waals surface area contributed by atoms with E-state index in [0.29, 0.717) is 35.6 Å². The Morgan fingerprint density at radius 3 is 2.79 bits per heavy atom. The summed E-state index contributed by atoms with van der Waals surface area (Å²) in [5.74, 6) is -1.24. The zero-order valence-corrected chi connectivity index (χ0v) is 19.2. The molecule has 4 heterocycles. The smallest absolute Gasteiger partial charge is 0.355 e. The summed E-state index contributed by atoms with van der Waals surface area (Å²) in [5, 5.41) is 3.89. The maximum atomic E-state index is 13.4. The van der Waals surface area contributed by atoms with Crippen molar-refractivity contribution in [3.63, 3.8) is 0 Å². The van der Waals surface area contributed by atoms with E-state index in [4.69, 9.17) is 14.5 Å². The first-order valence-electron chi connectivity index (χ1n) is 10.7. The molecule has 2 aliphatic heterocycles. The number of pyridine rings is 2. The molecular weight excluding hydrogens is 446 g/mol. The highest BCUT2D eigenvalue weighted by Crippen LogP contribution is 2.40. The predicted octanol–water partition coefficient (Wildman–Crippen LogP) is 2.66. The van der Waals surface area contributed by atoms with Crippen LogP contribution < -0.4 is 10.9 Å². The van der Waals surface area contributed by atoms with Gasteiger partial charge in [-0.05, 0) is 31.2 Å². The summed E-state index contributed by atoms with van der Waals surface area (Å²) in [6.07, 6.45) is 0.150. The van der Waals surface area contributed by atoms with Gasteiger partial charge in [-0.2, -0.15) is 0 Å². The molecule has 9 heteroatoms. The van der Waals surface area contributed by atoms with Gasteiger partial charge in [0.2, 0.25) is 5.60 Å². The molecule has 1 unspecified atom stereocenters. The number of nitrogens with zero attached hydrogens (tertiary/aromatic N) is 2. The summed E-state index contributed by atoms with van der Waals surface area (Å²) in [6.45, 7) is 4.39. The van der Waals surface area contributed by atoms with Crippen molar-refractivity contribution in [1.29, 1.82) is 0 Å². The van der Waals surface area contributed by atoms with Crippen molar-refractivity contribution in [3.8, 4) is 11.4 Å². The molecule has 0 saturated carbocycles. The number of carbonyl (C=O) groups excluding carboxylic acids is 2. The molecule has 1 aromatic carbocycles. The van der Waals surface area contributed by atoms with Gasteiger partial charge in [0.05, 0.1) is 35.6 Å². The Hall–Kier alpha value is -3.23. The molecule has 0 fully saturated rings. The number of fused-ring (bicyclic) bond motifs is 5. The number of carbonyl (C=O) groups is 2. The van der Waals surface area contributed by atoms with Crippen LogP contribution in [0.2, 0.25) is 0 Å². The van der Waals surface area contributed by atoms with Crippen molar-refractivity contribution >= 4 is 35.2 Å². The van der Waals surface area contributed by atoms with E-state index in [-0.39, 0.29) is 37.5 Å². The third kappa shape index (κ3) is 3.50. The molecule has 0 bridgehead atoms. The number of ether oxygens (including phenoxy) is 2. The maximum absolute atomic E-state index is 13.4. The third-order valence-electron chi connectivity index (χ3n) is 6.19. The summed E-state index contributed by atoms with van der Waals surface area (Å²) in [4.78, 5) is 43.6. The van der Waals surface area contributed by atoms with E-state index >= 15 is 0 Å². The molecule has 0 saturated heterocycles. The molecule has 0 amide bonds. The Morgan fingerprint density at radius 2 is 2.03 bits per heavy atom. The fourth-order valence-electron chi connectivity index (χ4n) is 4.54. The number of likely N-dealkylation sites (N-methyl/N-ethyl adjacent to an activating group) is 1. The average Bonchev–Trinajstić information content (AvgIpc) is 3.16. The number of para-hydroxylation sites is 1. The molecule has 5 rings (SSSR count). The van der Waals surface area contributed by atoms with Gasteiger partial charge in [-0.1, -0.05) is 32.0 Å². The van der Waals surface area contributed by atoms with Crippen molar-refractivity contribution in [1.82, 2.24) is 14.9 Å². The van der Waals surface area contributed by atoms with Crippen molar-refractivity contribution in [2.75, 3.05) is 13.1 Å². The molecule has 172 valence electrons. The molecule has 1 N–H and O–H groups in total. The van der Waals surface area contributed by atoms with Crippen molar-refractivity contribution in [3.05, 3.63) is 63.4 Å². The molecule has 1 atom stereocenters. The zero-order valence-electron chi connectivity index (χ0n) is 18.3. The lowest BCUT2D eigenvalue weighted by Crippen LogP contribution is -2.48. The predicted molar refractivity (Wildman–Crippen MR) is 124 cm³/mol. The van der Waals surface area contributed by atoms with E-state index in [1.165, 1.54) is 0 Å². The fraction of sp³-hybridized carbons (Fsp3) is 0.333. The third-order valence-corrected chi connectivity index (χ3v) is 6.19. The molecule has 33 heavy (non-hydrogen) atoms. The number of cyclic esters (lactones) is 1. The van der Waals surface area contributed by atoms with Gasteiger partial charge in [0, 0.05) is 16.5 Å².